The summed E-state index contributed by atoms with van der Waals surface area (Å²) in [5, 5.41) is 0. The van der Waals surface area contributed by atoms with Gasteiger partial charge in [-0.25, -0.2) is 9.37 Å². The van der Waals surface area contributed by atoms with Crippen molar-refractivity contribution >= 4 is 17.2 Å². The number of anilines is 1. The van der Waals surface area contributed by atoms with Crippen LogP contribution in [0.3, 0.4) is 0 Å². The minimum absolute atomic E-state index is 0.161. The lowest BCUT2D eigenvalue weighted by Gasteiger charge is -2.36. The Labute approximate surface area is 186 Å². The van der Waals surface area contributed by atoms with Crippen molar-refractivity contribution in [3.63, 3.8) is 0 Å². The first-order chi connectivity index (χ1) is 15.7. The number of rotatable bonds is 5. The summed E-state index contributed by atoms with van der Waals surface area (Å²) in [4.78, 5) is 22.0. The number of nitrogens with zero attached hydrogens (tertiary/aromatic N) is 4. The second-order valence-electron chi connectivity index (χ2n) is 8.05. The molecule has 3 heterocycles. The van der Waals surface area contributed by atoms with Gasteiger partial charge in [-0.1, -0.05) is 24.3 Å². The maximum atomic E-state index is 13.4. The zero-order valence-electron chi connectivity index (χ0n) is 17.8. The van der Waals surface area contributed by atoms with Crippen molar-refractivity contribution < 1.29 is 9.18 Å². The molecular formula is C26H25FN4O. The van der Waals surface area contributed by atoms with Gasteiger partial charge in [-0.3, -0.25) is 4.79 Å². The number of para-hydroxylation sites is 1. The van der Waals surface area contributed by atoms with Crippen LogP contribution in [-0.2, 0) is 11.2 Å². The number of aromatic nitrogens is 2. The number of fused-ring (bicyclic) bond motifs is 1. The van der Waals surface area contributed by atoms with Crippen LogP contribution in [0, 0.1) is 5.82 Å². The highest BCUT2D eigenvalue weighted by Gasteiger charge is 2.22. The fourth-order valence-corrected chi connectivity index (χ4v) is 4.36. The molecule has 5 rings (SSSR count). The van der Waals surface area contributed by atoms with E-state index in [9.17, 15) is 9.18 Å². The molecule has 2 aromatic heterocycles. The summed E-state index contributed by atoms with van der Waals surface area (Å²) >= 11 is 0. The molecule has 1 amide bonds. The minimum Gasteiger partial charge on any atom is -0.368 e. The molecule has 0 unspecified atom stereocenters. The highest BCUT2D eigenvalue weighted by molar-refractivity contribution is 5.77. The molecule has 1 aliphatic rings. The third-order valence-electron chi connectivity index (χ3n) is 6.08. The number of aryl methyl sites for hydroxylation is 1. The Morgan fingerprint density at radius 2 is 1.59 bits per heavy atom. The van der Waals surface area contributed by atoms with Gasteiger partial charge in [0, 0.05) is 50.0 Å². The Morgan fingerprint density at radius 1 is 0.875 bits per heavy atom. The summed E-state index contributed by atoms with van der Waals surface area (Å²) in [7, 11) is 0. The lowest BCUT2D eigenvalue weighted by Crippen LogP contribution is -2.48. The van der Waals surface area contributed by atoms with E-state index in [1.54, 1.807) is 12.1 Å². The molecule has 162 valence electrons. The van der Waals surface area contributed by atoms with Crippen LogP contribution in [0.1, 0.15) is 12.1 Å². The molecule has 0 bridgehead atoms. The highest BCUT2D eigenvalue weighted by Crippen LogP contribution is 2.26. The topological polar surface area (TPSA) is 40.9 Å². The van der Waals surface area contributed by atoms with Gasteiger partial charge < -0.3 is 14.2 Å². The quantitative estimate of drug-likeness (QED) is 0.472. The third-order valence-corrected chi connectivity index (χ3v) is 6.08. The minimum atomic E-state index is -0.274. The molecule has 32 heavy (non-hydrogen) atoms. The summed E-state index contributed by atoms with van der Waals surface area (Å²) in [6, 6.07) is 22.5. The molecule has 0 spiro atoms. The first-order valence-electron chi connectivity index (χ1n) is 11.0. The van der Waals surface area contributed by atoms with Crippen molar-refractivity contribution in [3.05, 3.63) is 90.5 Å². The summed E-state index contributed by atoms with van der Waals surface area (Å²) in [5.74, 6) is -0.113. The fourth-order valence-electron chi connectivity index (χ4n) is 4.36. The number of halogens is 1. The summed E-state index contributed by atoms with van der Waals surface area (Å²) in [5.41, 5.74) is 4.66. The Hall–Kier alpha value is -3.67. The first-order valence-corrected chi connectivity index (χ1v) is 11.0. The van der Waals surface area contributed by atoms with E-state index in [1.165, 1.54) is 17.8 Å². The van der Waals surface area contributed by atoms with Crippen LogP contribution in [0.15, 0.2) is 79.0 Å². The number of hydrogen-bond donors (Lipinski definition) is 0. The Bertz CT molecular complexity index is 1210. The number of benzene rings is 2. The van der Waals surface area contributed by atoms with E-state index in [0.717, 1.165) is 48.8 Å². The Morgan fingerprint density at radius 3 is 2.34 bits per heavy atom. The van der Waals surface area contributed by atoms with Crippen molar-refractivity contribution in [2.45, 2.75) is 12.8 Å². The maximum absolute atomic E-state index is 13.4. The van der Waals surface area contributed by atoms with Crippen LogP contribution < -0.4 is 4.90 Å². The van der Waals surface area contributed by atoms with Crippen molar-refractivity contribution in [1.29, 1.82) is 0 Å². The average molecular weight is 429 g/mol. The number of amides is 1. The van der Waals surface area contributed by atoms with Crippen molar-refractivity contribution in [1.82, 2.24) is 14.3 Å². The number of carbonyl (C=O) groups excluding carboxylic acids is 1. The van der Waals surface area contributed by atoms with Crippen molar-refractivity contribution in [3.8, 4) is 11.3 Å². The average Bonchev–Trinajstić information content (AvgIpc) is 3.22. The molecule has 0 radical (unpaired) electrons. The van der Waals surface area contributed by atoms with Crippen LogP contribution in [0.25, 0.3) is 16.9 Å². The van der Waals surface area contributed by atoms with E-state index in [-0.39, 0.29) is 11.7 Å². The van der Waals surface area contributed by atoms with Gasteiger partial charge in [0.05, 0.1) is 11.4 Å². The zero-order chi connectivity index (χ0) is 21.9. The number of carbonyl (C=O) groups is 1. The second-order valence-corrected chi connectivity index (χ2v) is 8.05. The van der Waals surface area contributed by atoms with E-state index in [2.05, 4.69) is 17.0 Å². The van der Waals surface area contributed by atoms with Gasteiger partial charge in [-0.05, 0) is 55.0 Å². The monoisotopic (exact) mass is 428 g/mol. The van der Waals surface area contributed by atoms with Crippen LogP contribution in [0.2, 0.25) is 0 Å². The molecule has 4 aromatic rings. The van der Waals surface area contributed by atoms with E-state index in [0.29, 0.717) is 12.8 Å². The number of hydrogen-bond acceptors (Lipinski definition) is 3. The number of piperazine rings is 1. The molecule has 6 heteroatoms. The summed E-state index contributed by atoms with van der Waals surface area (Å²) in [6.07, 6.45) is 2.96. The van der Waals surface area contributed by atoms with Crippen LogP contribution >= 0.6 is 0 Å². The first kappa shape index (κ1) is 20.2. The molecule has 0 saturated carbocycles. The van der Waals surface area contributed by atoms with Crippen molar-refractivity contribution in [2.75, 3.05) is 31.1 Å². The predicted octanol–water partition coefficient (Wildman–Crippen LogP) is 4.42. The molecule has 2 aromatic carbocycles. The standard InChI is InChI=1S/C26H25FN4O/c27-21-11-9-20(10-12-21)26-23(31-15-5-4-8-24(31)28-26)13-14-25(32)30-18-16-29(17-19-30)22-6-2-1-3-7-22/h1-12,15H,13-14,16-19H2. The molecule has 0 atom stereocenters. The van der Waals surface area contributed by atoms with Crippen molar-refractivity contribution in [2.24, 2.45) is 0 Å². The lowest BCUT2D eigenvalue weighted by molar-refractivity contribution is -0.131. The van der Waals surface area contributed by atoms with Crippen LogP contribution in [0.5, 0.6) is 0 Å². The molecular weight excluding hydrogens is 403 g/mol. The van der Waals surface area contributed by atoms with E-state index in [4.69, 9.17) is 4.98 Å². The maximum Gasteiger partial charge on any atom is 0.223 e. The van der Waals surface area contributed by atoms with Gasteiger partial charge in [-0.15, -0.1) is 0 Å². The third kappa shape index (κ3) is 4.08. The van der Waals surface area contributed by atoms with Gasteiger partial charge in [-0.2, -0.15) is 0 Å². The predicted molar refractivity (Wildman–Crippen MR) is 124 cm³/mol. The molecule has 1 saturated heterocycles. The van der Waals surface area contributed by atoms with Gasteiger partial charge in [0.2, 0.25) is 5.91 Å². The molecule has 1 fully saturated rings. The molecule has 5 nitrogen and oxygen atoms in total. The number of imidazole rings is 1. The summed E-state index contributed by atoms with van der Waals surface area (Å²) in [6.45, 7) is 3.13. The molecule has 1 aliphatic heterocycles. The van der Waals surface area contributed by atoms with Gasteiger partial charge >= 0.3 is 0 Å². The van der Waals surface area contributed by atoms with Crippen LogP contribution in [0.4, 0.5) is 10.1 Å². The fraction of sp³-hybridized carbons (Fsp3) is 0.231. The SMILES string of the molecule is O=C(CCc1c(-c2ccc(F)cc2)nc2ccccn12)N1CCN(c2ccccc2)CC1. The van der Waals surface area contributed by atoms with Gasteiger partial charge in [0.1, 0.15) is 11.5 Å². The smallest absolute Gasteiger partial charge is 0.223 e. The Balaban J connectivity index is 1.29. The van der Waals surface area contributed by atoms with E-state index >= 15 is 0 Å². The van der Waals surface area contributed by atoms with Gasteiger partial charge in [0.15, 0.2) is 0 Å². The number of pyridine rings is 1. The van der Waals surface area contributed by atoms with Crippen LogP contribution in [-0.4, -0.2) is 46.4 Å². The van der Waals surface area contributed by atoms with E-state index in [1.807, 2.05) is 51.9 Å². The lowest BCUT2D eigenvalue weighted by atomic mass is 10.1. The Kier molecular flexibility index (Phi) is 5.58. The largest absolute Gasteiger partial charge is 0.368 e. The molecule has 0 N–H and O–H groups in total. The second kappa shape index (κ2) is 8.83. The normalized spacial score (nSPS) is 14.2. The van der Waals surface area contributed by atoms with Gasteiger partial charge in [0.25, 0.3) is 0 Å². The highest BCUT2D eigenvalue weighted by atomic mass is 19.1. The molecule has 0 aliphatic carbocycles. The zero-order valence-corrected chi connectivity index (χ0v) is 17.8. The van der Waals surface area contributed by atoms with E-state index < -0.39 is 0 Å². The summed E-state index contributed by atoms with van der Waals surface area (Å²) < 4.78 is 15.5.